The van der Waals surface area contributed by atoms with E-state index in [0.717, 1.165) is 37.9 Å². The lowest BCUT2D eigenvalue weighted by molar-refractivity contribution is 0.155. The zero-order valence-corrected chi connectivity index (χ0v) is 11.6. The molecule has 0 spiro atoms. The molecule has 2 rings (SSSR count). The first-order chi connectivity index (χ1) is 8.53. The van der Waals surface area contributed by atoms with Gasteiger partial charge in [0.05, 0.1) is 6.54 Å². The Hall–Kier alpha value is -0.940. The summed E-state index contributed by atoms with van der Waals surface area (Å²) in [6.07, 6.45) is 3.97. The number of nitrogens with zero attached hydrogens (tertiary/aromatic N) is 3. The van der Waals surface area contributed by atoms with Crippen LogP contribution in [0.3, 0.4) is 0 Å². The summed E-state index contributed by atoms with van der Waals surface area (Å²) < 4.78 is 4.77. The molecule has 1 saturated heterocycles. The van der Waals surface area contributed by atoms with Gasteiger partial charge in [0, 0.05) is 12.1 Å². The van der Waals surface area contributed by atoms with Crippen molar-refractivity contribution in [1.29, 1.82) is 0 Å². The van der Waals surface area contributed by atoms with Gasteiger partial charge in [0.1, 0.15) is 0 Å². The number of nitrogens with one attached hydrogen (secondary N) is 1. The minimum absolute atomic E-state index is 0.204. The number of rotatable bonds is 4. The predicted octanol–water partition coefficient (Wildman–Crippen LogP) is 1.67. The molecule has 1 aliphatic rings. The van der Waals surface area contributed by atoms with E-state index >= 15 is 0 Å². The van der Waals surface area contributed by atoms with Crippen LogP contribution in [0.5, 0.6) is 0 Å². The van der Waals surface area contributed by atoms with E-state index < -0.39 is 0 Å². The van der Waals surface area contributed by atoms with Crippen molar-refractivity contribution in [3.8, 4) is 0 Å². The Morgan fingerprint density at radius 2 is 2.33 bits per heavy atom. The lowest BCUT2D eigenvalue weighted by Crippen LogP contribution is -2.44. The van der Waals surface area contributed by atoms with E-state index in [9.17, 15) is 0 Å². The SMILES string of the molecule is CC(C)(C)NCC1CCCN(Cc2ncon2)C1. The fourth-order valence-corrected chi connectivity index (χ4v) is 2.37. The molecule has 1 aromatic rings. The molecule has 102 valence electrons. The van der Waals surface area contributed by atoms with Crippen LogP contribution in [0.4, 0.5) is 0 Å². The molecule has 2 heterocycles. The van der Waals surface area contributed by atoms with Crippen molar-refractivity contribution in [2.24, 2.45) is 5.92 Å². The molecular formula is C13H24N4O. The highest BCUT2D eigenvalue weighted by molar-refractivity contribution is 4.83. The summed E-state index contributed by atoms with van der Waals surface area (Å²) in [5.74, 6) is 1.52. The van der Waals surface area contributed by atoms with Gasteiger partial charge in [0.2, 0.25) is 6.39 Å². The van der Waals surface area contributed by atoms with Crippen LogP contribution in [0.15, 0.2) is 10.9 Å². The van der Waals surface area contributed by atoms with Crippen molar-refractivity contribution >= 4 is 0 Å². The van der Waals surface area contributed by atoms with Gasteiger partial charge in [-0.05, 0) is 52.6 Å². The third-order valence-electron chi connectivity index (χ3n) is 3.30. The summed E-state index contributed by atoms with van der Waals surface area (Å²) in [4.78, 5) is 6.51. The van der Waals surface area contributed by atoms with Crippen molar-refractivity contribution in [3.63, 3.8) is 0 Å². The first kappa shape index (κ1) is 13.5. The minimum atomic E-state index is 0.204. The van der Waals surface area contributed by atoms with Gasteiger partial charge in [-0.3, -0.25) is 4.90 Å². The van der Waals surface area contributed by atoms with Crippen LogP contribution in [0, 0.1) is 5.92 Å². The fourth-order valence-electron chi connectivity index (χ4n) is 2.37. The number of aromatic nitrogens is 2. The summed E-state index contributed by atoms with van der Waals surface area (Å²) in [5, 5.41) is 7.47. The normalized spacial score (nSPS) is 22.3. The highest BCUT2D eigenvalue weighted by atomic mass is 16.5. The topological polar surface area (TPSA) is 54.2 Å². The maximum absolute atomic E-state index is 4.77. The Labute approximate surface area is 109 Å². The van der Waals surface area contributed by atoms with Crippen LogP contribution in [0.25, 0.3) is 0 Å². The van der Waals surface area contributed by atoms with E-state index in [-0.39, 0.29) is 5.54 Å². The van der Waals surface area contributed by atoms with E-state index in [4.69, 9.17) is 4.52 Å². The molecule has 1 aromatic heterocycles. The average Bonchev–Trinajstić information content (AvgIpc) is 2.79. The summed E-state index contributed by atoms with van der Waals surface area (Å²) in [5.41, 5.74) is 0.204. The maximum atomic E-state index is 4.77. The molecule has 1 fully saturated rings. The Morgan fingerprint density at radius 1 is 1.50 bits per heavy atom. The molecule has 1 atom stereocenters. The molecule has 1 unspecified atom stereocenters. The third-order valence-corrected chi connectivity index (χ3v) is 3.30. The van der Waals surface area contributed by atoms with Crippen LogP contribution in [0.2, 0.25) is 0 Å². The van der Waals surface area contributed by atoms with Gasteiger partial charge in [-0.15, -0.1) is 0 Å². The maximum Gasteiger partial charge on any atom is 0.213 e. The molecule has 18 heavy (non-hydrogen) atoms. The van der Waals surface area contributed by atoms with Gasteiger partial charge in [0.15, 0.2) is 5.82 Å². The summed E-state index contributed by atoms with van der Waals surface area (Å²) >= 11 is 0. The second-order valence-corrected chi connectivity index (χ2v) is 6.22. The monoisotopic (exact) mass is 252 g/mol. The van der Waals surface area contributed by atoms with Gasteiger partial charge in [-0.25, -0.2) is 0 Å². The highest BCUT2D eigenvalue weighted by Crippen LogP contribution is 2.17. The highest BCUT2D eigenvalue weighted by Gasteiger charge is 2.22. The van der Waals surface area contributed by atoms with Gasteiger partial charge in [0.25, 0.3) is 0 Å². The second kappa shape index (κ2) is 5.80. The number of hydrogen-bond acceptors (Lipinski definition) is 5. The molecule has 1 aliphatic heterocycles. The fraction of sp³-hybridized carbons (Fsp3) is 0.846. The Balaban J connectivity index is 1.77. The lowest BCUT2D eigenvalue weighted by Gasteiger charge is -2.33. The summed E-state index contributed by atoms with van der Waals surface area (Å²) in [6, 6.07) is 0. The molecule has 0 radical (unpaired) electrons. The van der Waals surface area contributed by atoms with Crippen LogP contribution >= 0.6 is 0 Å². The molecule has 0 saturated carbocycles. The van der Waals surface area contributed by atoms with Crippen LogP contribution < -0.4 is 5.32 Å². The number of hydrogen-bond donors (Lipinski definition) is 1. The summed E-state index contributed by atoms with van der Waals surface area (Å²) in [6.45, 7) is 10.8. The van der Waals surface area contributed by atoms with Crippen molar-refractivity contribution in [1.82, 2.24) is 20.4 Å². The van der Waals surface area contributed by atoms with E-state index in [2.05, 4.69) is 41.1 Å². The van der Waals surface area contributed by atoms with Crippen LogP contribution in [-0.2, 0) is 6.54 Å². The first-order valence-electron chi connectivity index (χ1n) is 6.75. The van der Waals surface area contributed by atoms with Gasteiger partial charge in [-0.1, -0.05) is 5.16 Å². The Bertz CT molecular complexity index is 344. The quantitative estimate of drug-likeness (QED) is 0.883. The zero-order chi connectivity index (χ0) is 13.0. The molecule has 0 bridgehead atoms. The second-order valence-electron chi connectivity index (χ2n) is 6.22. The van der Waals surface area contributed by atoms with E-state index in [0.29, 0.717) is 0 Å². The molecule has 0 amide bonds. The van der Waals surface area contributed by atoms with Crippen LogP contribution in [-0.4, -0.2) is 40.2 Å². The number of piperidine rings is 1. The third kappa shape index (κ3) is 4.38. The Morgan fingerprint density at radius 3 is 3.00 bits per heavy atom. The predicted molar refractivity (Wildman–Crippen MR) is 70.1 cm³/mol. The smallest absolute Gasteiger partial charge is 0.213 e. The Kier molecular flexibility index (Phi) is 4.35. The van der Waals surface area contributed by atoms with Gasteiger partial charge >= 0.3 is 0 Å². The molecule has 0 aromatic carbocycles. The molecule has 1 N–H and O–H groups in total. The molecular weight excluding hydrogens is 228 g/mol. The van der Waals surface area contributed by atoms with E-state index in [1.165, 1.54) is 19.2 Å². The van der Waals surface area contributed by atoms with Crippen molar-refractivity contribution in [3.05, 3.63) is 12.2 Å². The van der Waals surface area contributed by atoms with Gasteiger partial charge in [-0.2, -0.15) is 4.98 Å². The van der Waals surface area contributed by atoms with E-state index in [1.54, 1.807) is 0 Å². The average molecular weight is 252 g/mol. The van der Waals surface area contributed by atoms with Crippen molar-refractivity contribution in [2.45, 2.75) is 45.7 Å². The van der Waals surface area contributed by atoms with Crippen LogP contribution in [0.1, 0.15) is 39.4 Å². The molecule has 5 heteroatoms. The molecule has 5 nitrogen and oxygen atoms in total. The summed E-state index contributed by atoms with van der Waals surface area (Å²) in [7, 11) is 0. The number of likely N-dealkylation sites (tertiary alicyclic amines) is 1. The standard InChI is InChI=1S/C13H24N4O/c1-13(2,3)15-7-11-5-4-6-17(8-11)9-12-14-10-18-16-12/h10-11,15H,4-9H2,1-3H3. The molecule has 0 aliphatic carbocycles. The lowest BCUT2D eigenvalue weighted by atomic mass is 9.96. The van der Waals surface area contributed by atoms with E-state index in [1.807, 2.05) is 0 Å². The van der Waals surface area contributed by atoms with Crippen molar-refractivity contribution < 1.29 is 4.52 Å². The minimum Gasteiger partial charge on any atom is -0.343 e. The largest absolute Gasteiger partial charge is 0.343 e. The van der Waals surface area contributed by atoms with Crippen molar-refractivity contribution in [2.75, 3.05) is 19.6 Å². The zero-order valence-electron chi connectivity index (χ0n) is 11.6. The van der Waals surface area contributed by atoms with Gasteiger partial charge < -0.3 is 9.84 Å². The first-order valence-corrected chi connectivity index (χ1v) is 6.75.